The van der Waals surface area contributed by atoms with Crippen molar-refractivity contribution in [3.05, 3.63) is 28.3 Å². The number of nitrogens with one attached hydrogen (secondary N) is 1. The Labute approximate surface area is 136 Å². The molecule has 0 amide bonds. The molecule has 0 atom stereocenters. The van der Waals surface area contributed by atoms with E-state index in [4.69, 9.17) is 0 Å². The second-order valence-electron chi connectivity index (χ2n) is 5.71. The first kappa shape index (κ1) is 17.7. The second-order valence-corrected chi connectivity index (χ2v) is 7.64. The van der Waals surface area contributed by atoms with Crippen LogP contribution in [0.3, 0.4) is 0 Å². The largest absolute Gasteiger partial charge is 0.377 e. The molecule has 1 saturated heterocycles. The van der Waals surface area contributed by atoms with E-state index < -0.39 is 14.9 Å². The lowest BCUT2D eigenvalue weighted by atomic mass is 10.1. The highest BCUT2D eigenvalue weighted by Crippen LogP contribution is 2.31. The van der Waals surface area contributed by atoms with Gasteiger partial charge in [0, 0.05) is 25.2 Å². The molecule has 0 saturated carbocycles. The van der Waals surface area contributed by atoms with Crippen LogP contribution in [0, 0.1) is 10.1 Å². The number of rotatable bonds is 7. The average Bonchev–Trinajstić information content (AvgIpc) is 3.07. The molecule has 0 bridgehead atoms. The smallest absolute Gasteiger partial charge is 0.293 e. The summed E-state index contributed by atoms with van der Waals surface area (Å²) in [5.41, 5.74) is 0.168. The van der Waals surface area contributed by atoms with Crippen molar-refractivity contribution in [2.75, 3.05) is 18.4 Å². The molecule has 1 heterocycles. The Morgan fingerprint density at radius 3 is 2.39 bits per heavy atom. The standard InChI is InChI=1S/C15H23N3O4S/c1-3-12(4-2)16-14-8-7-13(11-15(14)18(19)20)23(21,22)17-9-5-6-10-17/h7-8,11-12,16H,3-6,9-10H2,1-2H3. The van der Waals surface area contributed by atoms with E-state index in [1.165, 1.54) is 22.5 Å². The highest BCUT2D eigenvalue weighted by Gasteiger charge is 2.29. The summed E-state index contributed by atoms with van der Waals surface area (Å²) < 4.78 is 26.5. The highest BCUT2D eigenvalue weighted by molar-refractivity contribution is 7.89. The van der Waals surface area contributed by atoms with Gasteiger partial charge in [-0.2, -0.15) is 4.31 Å². The molecule has 8 heteroatoms. The molecule has 1 aliphatic heterocycles. The summed E-state index contributed by atoms with van der Waals surface area (Å²) in [5.74, 6) is 0. The van der Waals surface area contributed by atoms with Crippen molar-refractivity contribution < 1.29 is 13.3 Å². The van der Waals surface area contributed by atoms with Crippen LogP contribution in [0.5, 0.6) is 0 Å². The Bertz CT molecular complexity index is 665. The lowest BCUT2D eigenvalue weighted by Crippen LogP contribution is -2.28. The first-order valence-corrected chi connectivity index (χ1v) is 9.39. The molecule has 1 aromatic rings. The predicted molar refractivity (Wildman–Crippen MR) is 89.1 cm³/mol. The van der Waals surface area contributed by atoms with Crippen LogP contribution in [0.25, 0.3) is 0 Å². The summed E-state index contributed by atoms with van der Waals surface area (Å²) in [6.45, 7) is 4.95. The maximum absolute atomic E-state index is 12.5. The summed E-state index contributed by atoms with van der Waals surface area (Å²) >= 11 is 0. The van der Waals surface area contributed by atoms with E-state index in [1.54, 1.807) is 0 Å². The summed E-state index contributed by atoms with van der Waals surface area (Å²) in [6, 6.07) is 4.23. The van der Waals surface area contributed by atoms with Crippen LogP contribution in [0.2, 0.25) is 0 Å². The lowest BCUT2D eigenvalue weighted by Gasteiger charge is -2.18. The monoisotopic (exact) mass is 341 g/mol. The van der Waals surface area contributed by atoms with E-state index in [-0.39, 0.29) is 16.6 Å². The Balaban J connectivity index is 2.37. The highest BCUT2D eigenvalue weighted by atomic mass is 32.2. The number of nitrogens with zero attached hydrogens (tertiary/aromatic N) is 2. The number of anilines is 1. The number of nitro groups is 1. The van der Waals surface area contributed by atoms with Crippen molar-refractivity contribution in [2.24, 2.45) is 0 Å². The number of benzene rings is 1. The maximum Gasteiger partial charge on any atom is 0.293 e. The molecule has 1 aromatic carbocycles. The van der Waals surface area contributed by atoms with Gasteiger partial charge in [0.2, 0.25) is 10.0 Å². The Morgan fingerprint density at radius 2 is 1.87 bits per heavy atom. The molecular weight excluding hydrogens is 318 g/mol. The maximum atomic E-state index is 12.5. The summed E-state index contributed by atoms with van der Waals surface area (Å²) in [4.78, 5) is 10.8. The van der Waals surface area contributed by atoms with E-state index >= 15 is 0 Å². The molecule has 0 aromatic heterocycles. The number of sulfonamides is 1. The van der Waals surface area contributed by atoms with Gasteiger partial charge in [-0.1, -0.05) is 13.8 Å². The molecule has 0 spiro atoms. The van der Waals surface area contributed by atoms with Crippen molar-refractivity contribution in [2.45, 2.75) is 50.5 Å². The molecular formula is C15H23N3O4S. The van der Waals surface area contributed by atoms with Gasteiger partial charge in [-0.05, 0) is 37.8 Å². The topological polar surface area (TPSA) is 92.6 Å². The summed E-state index contributed by atoms with van der Waals surface area (Å²) in [5, 5.41) is 14.5. The van der Waals surface area contributed by atoms with Crippen LogP contribution in [0.1, 0.15) is 39.5 Å². The third-order valence-corrected chi connectivity index (χ3v) is 6.11. The van der Waals surface area contributed by atoms with Crippen molar-refractivity contribution in [1.29, 1.82) is 0 Å². The molecule has 0 aliphatic carbocycles. The fourth-order valence-electron chi connectivity index (χ4n) is 2.74. The fourth-order valence-corrected chi connectivity index (χ4v) is 4.27. The van der Waals surface area contributed by atoms with Gasteiger partial charge in [-0.15, -0.1) is 0 Å². The normalized spacial score (nSPS) is 16.0. The minimum absolute atomic E-state index is 0.0128. The van der Waals surface area contributed by atoms with E-state index in [0.717, 1.165) is 25.7 Å². The van der Waals surface area contributed by atoms with Gasteiger partial charge in [0.05, 0.1) is 9.82 Å². The number of hydrogen-bond donors (Lipinski definition) is 1. The number of hydrogen-bond acceptors (Lipinski definition) is 5. The molecule has 1 N–H and O–H groups in total. The van der Waals surface area contributed by atoms with Gasteiger partial charge in [0.15, 0.2) is 0 Å². The van der Waals surface area contributed by atoms with E-state index in [2.05, 4.69) is 5.32 Å². The fraction of sp³-hybridized carbons (Fsp3) is 0.600. The molecule has 0 radical (unpaired) electrons. The summed E-state index contributed by atoms with van der Waals surface area (Å²) in [6.07, 6.45) is 3.33. The van der Waals surface area contributed by atoms with Crippen molar-refractivity contribution in [3.8, 4) is 0 Å². The molecule has 1 aliphatic rings. The van der Waals surface area contributed by atoms with Crippen LogP contribution in [0.4, 0.5) is 11.4 Å². The van der Waals surface area contributed by atoms with Gasteiger partial charge in [-0.3, -0.25) is 10.1 Å². The molecule has 128 valence electrons. The Hall–Kier alpha value is -1.67. The molecule has 1 fully saturated rings. The average molecular weight is 341 g/mol. The van der Waals surface area contributed by atoms with Crippen LogP contribution in [0.15, 0.2) is 23.1 Å². The predicted octanol–water partition coefficient (Wildman–Crippen LogP) is 2.98. The zero-order chi connectivity index (χ0) is 17.0. The first-order valence-electron chi connectivity index (χ1n) is 7.95. The summed E-state index contributed by atoms with van der Waals surface area (Å²) in [7, 11) is -3.65. The zero-order valence-corrected chi connectivity index (χ0v) is 14.3. The minimum Gasteiger partial charge on any atom is -0.377 e. The molecule has 2 rings (SSSR count). The van der Waals surface area contributed by atoms with Crippen molar-refractivity contribution in [1.82, 2.24) is 4.31 Å². The Kier molecular flexibility index (Phi) is 5.59. The van der Waals surface area contributed by atoms with Gasteiger partial charge >= 0.3 is 0 Å². The Morgan fingerprint density at radius 1 is 1.26 bits per heavy atom. The van der Waals surface area contributed by atoms with E-state index in [9.17, 15) is 18.5 Å². The first-order chi connectivity index (χ1) is 10.9. The van der Waals surface area contributed by atoms with Crippen LogP contribution < -0.4 is 5.32 Å². The zero-order valence-electron chi connectivity index (χ0n) is 13.5. The lowest BCUT2D eigenvalue weighted by molar-refractivity contribution is -0.384. The van der Waals surface area contributed by atoms with Crippen molar-refractivity contribution in [3.63, 3.8) is 0 Å². The van der Waals surface area contributed by atoms with Crippen LogP contribution >= 0.6 is 0 Å². The van der Waals surface area contributed by atoms with E-state index in [1.807, 2.05) is 13.8 Å². The van der Waals surface area contributed by atoms with Crippen molar-refractivity contribution >= 4 is 21.4 Å². The van der Waals surface area contributed by atoms with E-state index in [0.29, 0.717) is 18.8 Å². The van der Waals surface area contributed by atoms with Gasteiger partial charge < -0.3 is 5.32 Å². The third-order valence-electron chi connectivity index (χ3n) is 4.21. The quantitative estimate of drug-likeness (QED) is 0.608. The van der Waals surface area contributed by atoms with Crippen LogP contribution in [-0.2, 0) is 10.0 Å². The van der Waals surface area contributed by atoms with Gasteiger partial charge in [-0.25, -0.2) is 8.42 Å². The van der Waals surface area contributed by atoms with Gasteiger partial charge in [0.25, 0.3) is 5.69 Å². The SMILES string of the molecule is CCC(CC)Nc1ccc(S(=O)(=O)N2CCCC2)cc1[N+](=O)[O-]. The number of nitro benzene ring substituents is 1. The van der Waals surface area contributed by atoms with Gasteiger partial charge in [0.1, 0.15) is 5.69 Å². The molecule has 0 unspecified atom stereocenters. The third kappa shape index (κ3) is 3.81. The second kappa shape index (κ2) is 7.27. The molecule has 7 nitrogen and oxygen atoms in total. The molecule has 23 heavy (non-hydrogen) atoms. The minimum atomic E-state index is -3.65. The van der Waals surface area contributed by atoms with Crippen LogP contribution in [-0.4, -0.2) is 36.8 Å².